The van der Waals surface area contributed by atoms with E-state index in [4.69, 9.17) is 4.52 Å². The topological polar surface area (TPSA) is 71.3 Å². The first kappa shape index (κ1) is 9.50. The summed E-state index contributed by atoms with van der Waals surface area (Å²) >= 11 is 0. The lowest BCUT2D eigenvalue weighted by Gasteiger charge is -2.02. The first-order valence-electron chi connectivity index (χ1n) is 3.84. The van der Waals surface area contributed by atoms with Crippen LogP contribution in [0.2, 0.25) is 0 Å². The van der Waals surface area contributed by atoms with E-state index in [1.807, 2.05) is 14.1 Å². The Balaban J connectivity index is 2.54. The highest BCUT2D eigenvalue weighted by Gasteiger charge is 2.06. The van der Waals surface area contributed by atoms with E-state index in [1.54, 1.807) is 4.90 Å². The second kappa shape index (κ2) is 3.88. The van der Waals surface area contributed by atoms with Gasteiger partial charge < -0.3 is 14.7 Å². The van der Waals surface area contributed by atoms with Crippen molar-refractivity contribution in [3.05, 3.63) is 5.89 Å². The molecule has 0 unspecified atom stereocenters. The largest absolute Gasteiger partial charge is 0.347 e. The average molecular weight is 184 g/mol. The molecule has 72 valence electrons. The number of rotatable bonds is 3. The quantitative estimate of drug-likeness (QED) is 0.702. The minimum absolute atomic E-state index is 0.121. The predicted molar refractivity (Wildman–Crippen MR) is 46.1 cm³/mol. The maximum Gasteiger partial charge on any atom is 0.265 e. The molecule has 0 aliphatic carbocycles. The molecular formula is C7H12N4O2. The highest BCUT2D eigenvalue weighted by Crippen LogP contribution is 2.04. The molecule has 0 saturated heterocycles. The van der Waals surface area contributed by atoms with Gasteiger partial charge in [0.05, 0.1) is 6.54 Å². The molecule has 0 atom stereocenters. The number of aromatic nitrogens is 2. The van der Waals surface area contributed by atoms with Crippen molar-refractivity contribution in [1.29, 1.82) is 0 Å². The summed E-state index contributed by atoms with van der Waals surface area (Å²) in [5.41, 5.74) is 0. The van der Waals surface area contributed by atoms with Crippen LogP contribution >= 0.6 is 0 Å². The maximum absolute atomic E-state index is 10.5. The number of amides is 1. The molecule has 1 N–H and O–H groups in total. The summed E-state index contributed by atoms with van der Waals surface area (Å²) in [7, 11) is 3.63. The van der Waals surface area contributed by atoms with Crippen LogP contribution in [0.3, 0.4) is 0 Å². The van der Waals surface area contributed by atoms with Crippen molar-refractivity contribution >= 4 is 11.9 Å². The fourth-order valence-corrected chi connectivity index (χ4v) is 0.699. The summed E-state index contributed by atoms with van der Waals surface area (Å²) in [6, 6.07) is 0. The maximum atomic E-state index is 10.5. The summed E-state index contributed by atoms with van der Waals surface area (Å²) < 4.78 is 4.86. The number of anilines is 1. The molecule has 0 radical (unpaired) electrons. The van der Waals surface area contributed by atoms with Gasteiger partial charge in [-0.15, -0.1) is 0 Å². The van der Waals surface area contributed by atoms with E-state index in [0.717, 1.165) is 0 Å². The van der Waals surface area contributed by atoms with Crippen molar-refractivity contribution < 1.29 is 9.32 Å². The molecule has 13 heavy (non-hydrogen) atoms. The number of nitrogens with one attached hydrogen (secondary N) is 1. The van der Waals surface area contributed by atoms with E-state index in [2.05, 4.69) is 15.5 Å². The van der Waals surface area contributed by atoms with Gasteiger partial charge in [0.2, 0.25) is 11.8 Å². The Kier molecular flexibility index (Phi) is 2.84. The third kappa shape index (κ3) is 2.73. The van der Waals surface area contributed by atoms with Crippen molar-refractivity contribution in [2.24, 2.45) is 0 Å². The summed E-state index contributed by atoms with van der Waals surface area (Å²) in [5.74, 6) is 0.781. The molecule has 6 nitrogen and oxygen atoms in total. The Morgan fingerprint density at radius 2 is 2.31 bits per heavy atom. The van der Waals surface area contributed by atoms with Gasteiger partial charge >= 0.3 is 0 Å². The number of carbonyl (C=O) groups is 1. The molecule has 0 bridgehead atoms. The predicted octanol–water partition coefficient (Wildman–Crippen LogP) is -0.228. The standard InChI is InChI=1S/C7H12N4O2/c1-5(12)8-4-6-9-7(10-13-6)11(2)3/h4H2,1-3H3,(H,8,12). The van der Waals surface area contributed by atoms with Gasteiger partial charge in [-0.25, -0.2) is 0 Å². The van der Waals surface area contributed by atoms with Crippen molar-refractivity contribution in [3.8, 4) is 0 Å². The third-order valence-corrected chi connectivity index (χ3v) is 1.35. The van der Waals surface area contributed by atoms with Crippen molar-refractivity contribution in [2.45, 2.75) is 13.5 Å². The Bertz CT molecular complexity index is 294. The minimum atomic E-state index is -0.121. The molecule has 1 aromatic rings. The van der Waals surface area contributed by atoms with Gasteiger partial charge in [-0.3, -0.25) is 4.79 Å². The fourth-order valence-electron chi connectivity index (χ4n) is 0.699. The molecule has 0 aliphatic rings. The summed E-state index contributed by atoms with van der Waals surface area (Å²) in [5, 5.41) is 6.24. The SMILES string of the molecule is CC(=O)NCc1nc(N(C)C)no1. The zero-order valence-electron chi connectivity index (χ0n) is 7.87. The van der Waals surface area contributed by atoms with Crippen LogP contribution in [0.15, 0.2) is 4.52 Å². The van der Waals surface area contributed by atoms with Gasteiger partial charge in [-0.05, 0) is 5.16 Å². The van der Waals surface area contributed by atoms with Crippen LogP contribution in [0.4, 0.5) is 5.95 Å². The smallest absolute Gasteiger partial charge is 0.265 e. The van der Waals surface area contributed by atoms with Gasteiger partial charge in [0.1, 0.15) is 0 Å². The van der Waals surface area contributed by atoms with E-state index in [-0.39, 0.29) is 12.5 Å². The highest BCUT2D eigenvalue weighted by atomic mass is 16.5. The first-order valence-corrected chi connectivity index (χ1v) is 3.84. The third-order valence-electron chi connectivity index (χ3n) is 1.35. The highest BCUT2D eigenvalue weighted by molar-refractivity contribution is 5.72. The average Bonchev–Trinajstić information content (AvgIpc) is 2.48. The van der Waals surface area contributed by atoms with Crippen LogP contribution in [-0.2, 0) is 11.3 Å². The number of hydrogen-bond donors (Lipinski definition) is 1. The Morgan fingerprint density at radius 1 is 1.62 bits per heavy atom. The minimum Gasteiger partial charge on any atom is -0.347 e. The molecule has 1 heterocycles. The summed E-state index contributed by atoms with van der Waals surface area (Å²) in [4.78, 5) is 16.3. The molecule has 0 saturated carbocycles. The molecule has 6 heteroatoms. The van der Waals surface area contributed by atoms with E-state index in [0.29, 0.717) is 11.8 Å². The van der Waals surface area contributed by atoms with Gasteiger partial charge in [0.25, 0.3) is 5.95 Å². The van der Waals surface area contributed by atoms with Crippen molar-refractivity contribution in [1.82, 2.24) is 15.5 Å². The number of nitrogens with zero attached hydrogens (tertiary/aromatic N) is 3. The normalized spacial score (nSPS) is 9.77. The zero-order valence-corrected chi connectivity index (χ0v) is 7.87. The Labute approximate surface area is 75.9 Å². The lowest BCUT2D eigenvalue weighted by atomic mass is 10.6. The zero-order chi connectivity index (χ0) is 9.84. The summed E-state index contributed by atoms with van der Waals surface area (Å²) in [6.45, 7) is 1.71. The van der Waals surface area contributed by atoms with Crippen molar-refractivity contribution in [2.75, 3.05) is 19.0 Å². The molecule has 1 rings (SSSR count). The number of hydrogen-bond acceptors (Lipinski definition) is 5. The van der Waals surface area contributed by atoms with Crippen molar-refractivity contribution in [3.63, 3.8) is 0 Å². The monoisotopic (exact) mass is 184 g/mol. The van der Waals surface area contributed by atoms with Crippen LogP contribution in [0.1, 0.15) is 12.8 Å². The first-order chi connectivity index (χ1) is 6.09. The van der Waals surface area contributed by atoms with Crippen LogP contribution in [-0.4, -0.2) is 30.1 Å². The van der Waals surface area contributed by atoms with E-state index in [1.165, 1.54) is 6.92 Å². The molecule has 0 fully saturated rings. The van der Waals surface area contributed by atoms with E-state index in [9.17, 15) is 4.79 Å². The van der Waals surface area contributed by atoms with Gasteiger partial charge in [-0.2, -0.15) is 4.98 Å². The van der Waals surface area contributed by atoms with Gasteiger partial charge in [-0.1, -0.05) is 0 Å². The number of carbonyl (C=O) groups excluding carboxylic acids is 1. The second-order valence-corrected chi connectivity index (χ2v) is 2.79. The molecular weight excluding hydrogens is 172 g/mol. The van der Waals surface area contributed by atoms with Crippen LogP contribution in [0.25, 0.3) is 0 Å². The fraction of sp³-hybridized carbons (Fsp3) is 0.571. The van der Waals surface area contributed by atoms with Gasteiger partial charge in [0, 0.05) is 21.0 Å². The molecule has 0 spiro atoms. The molecule has 0 aromatic carbocycles. The molecule has 1 aromatic heterocycles. The lowest BCUT2D eigenvalue weighted by Crippen LogP contribution is -2.19. The second-order valence-electron chi connectivity index (χ2n) is 2.79. The van der Waals surface area contributed by atoms with Crippen LogP contribution < -0.4 is 10.2 Å². The Morgan fingerprint density at radius 3 is 2.77 bits per heavy atom. The van der Waals surface area contributed by atoms with Crippen LogP contribution in [0.5, 0.6) is 0 Å². The van der Waals surface area contributed by atoms with E-state index >= 15 is 0 Å². The van der Waals surface area contributed by atoms with Crippen LogP contribution in [0, 0.1) is 0 Å². The van der Waals surface area contributed by atoms with E-state index < -0.39 is 0 Å². The summed E-state index contributed by atoms with van der Waals surface area (Å²) in [6.07, 6.45) is 0. The lowest BCUT2D eigenvalue weighted by molar-refractivity contribution is -0.119. The molecule has 1 amide bonds. The Hall–Kier alpha value is -1.59. The van der Waals surface area contributed by atoms with Gasteiger partial charge in [0.15, 0.2) is 0 Å². The molecule has 0 aliphatic heterocycles.